The summed E-state index contributed by atoms with van der Waals surface area (Å²) >= 11 is 0. The molecular formula is C26H18O6. The Kier molecular flexibility index (Phi) is 4.75. The van der Waals surface area contributed by atoms with Crippen LogP contribution in [0, 0.1) is 0 Å². The summed E-state index contributed by atoms with van der Waals surface area (Å²) in [6.07, 6.45) is 0. The molecule has 0 amide bonds. The number of hydrogen-bond acceptors (Lipinski definition) is 6. The van der Waals surface area contributed by atoms with Gasteiger partial charge in [-0.1, -0.05) is 0 Å². The minimum Gasteiger partial charge on any atom is -0.497 e. The predicted molar refractivity (Wildman–Crippen MR) is 123 cm³/mol. The molecule has 0 spiro atoms. The molecule has 5 aromatic rings. The Morgan fingerprint density at radius 2 is 0.969 bits per heavy atom. The van der Waals surface area contributed by atoms with Crippen molar-refractivity contribution in [1.29, 1.82) is 0 Å². The fourth-order valence-electron chi connectivity index (χ4n) is 3.60. The van der Waals surface area contributed by atoms with Crippen molar-refractivity contribution >= 4 is 21.9 Å². The molecule has 6 heteroatoms. The first-order valence-electron chi connectivity index (χ1n) is 9.90. The second kappa shape index (κ2) is 7.74. The molecule has 0 aliphatic heterocycles. The first kappa shape index (κ1) is 19.6. The van der Waals surface area contributed by atoms with E-state index in [0.717, 1.165) is 11.1 Å². The van der Waals surface area contributed by atoms with E-state index in [4.69, 9.17) is 18.3 Å². The second-order valence-corrected chi connectivity index (χ2v) is 7.25. The monoisotopic (exact) mass is 426 g/mol. The van der Waals surface area contributed by atoms with Gasteiger partial charge in [-0.15, -0.1) is 0 Å². The maximum atomic E-state index is 12.8. The Morgan fingerprint density at radius 1 is 0.562 bits per heavy atom. The highest BCUT2D eigenvalue weighted by Crippen LogP contribution is 2.29. The van der Waals surface area contributed by atoms with Crippen LogP contribution < -0.4 is 20.3 Å². The fourth-order valence-corrected chi connectivity index (χ4v) is 3.60. The van der Waals surface area contributed by atoms with E-state index in [1.54, 1.807) is 44.6 Å². The lowest BCUT2D eigenvalue weighted by Crippen LogP contribution is -2.04. The highest BCUT2D eigenvalue weighted by Gasteiger charge is 2.13. The summed E-state index contributed by atoms with van der Waals surface area (Å²) < 4.78 is 22.4. The lowest BCUT2D eigenvalue weighted by Gasteiger charge is -2.07. The third kappa shape index (κ3) is 3.41. The zero-order valence-electron chi connectivity index (χ0n) is 17.4. The zero-order valence-corrected chi connectivity index (χ0v) is 17.4. The molecule has 5 rings (SSSR count). The van der Waals surface area contributed by atoms with Crippen molar-refractivity contribution in [2.75, 3.05) is 14.2 Å². The summed E-state index contributed by atoms with van der Waals surface area (Å²) in [5, 5.41) is 0.638. The van der Waals surface area contributed by atoms with E-state index < -0.39 is 0 Å². The summed E-state index contributed by atoms with van der Waals surface area (Å²) in [6.45, 7) is 0. The number of ether oxygens (including phenoxy) is 2. The van der Waals surface area contributed by atoms with E-state index in [0.29, 0.717) is 45.0 Å². The molecule has 0 N–H and O–H groups in total. The molecule has 6 nitrogen and oxygen atoms in total. The van der Waals surface area contributed by atoms with Crippen LogP contribution in [0.1, 0.15) is 0 Å². The molecule has 0 saturated carbocycles. The first-order valence-corrected chi connectivity index (χ1v) is 9.90. The van der Waals surface area contributed by atoms with Gasteiger partial charge in [0.15, 0.2) is 10.9 Å². The Morgan fingerprint density at radius 3 is 1.34 bits per heavy atom. The van der Waals surface area contributed by atoms with Gasteiger partial charge in [-0.05, 0) is 54.6 Å². The quantitative estimate of drug-likeness (QED) is 0.365. The van der Waals surface area contributed by atoms with Crippen LogP contribution in [0.15, 0.2) is 91.2 Å². The molecule has 0 bridgehead atoms. The number of methoxy groups -OCH3 is 2. The SMILES string of the molecule is COc1ccc(-c2cc(=O)c3cc4c(=O)cc(-c5ccc(OC)cc5)oc4cc3o2)cc1. The Labute approximate surface area is 182 Å². The summed E-state index contributed by atoms with van der Waals surface area (Å²) in [5.41, 5.74) is 1.67. The fraction of sp³-hybridized carbons (Fsp3) is 0.0769. The van der Waals surface area contributed by atoms with Crippen LogP contribution in [-0.4, -0.2) is 14.2 Å². The summed E-state index contributed by atoms with van der Waals surface area (Å²) in [6, 6.07) is 20.4. The van der Waals surface area contributed by atoms with E-state index >= 15 is 0 Å². The minimum atomic E-state index is -0.238. The third-order valence-electron chi connectivity index (χ3n) is 5.33. The van der Waals surface area contributed by atoms with Gasteiger partial charge in [-0.3, -0.25) is 9.59 Å². The van der Waals surface area contributed by atoms with E-state index in [-0.39, 0.29) is 10.9 Å². The average molecular weight is 426 g/mol. The van der Waals surface area contributed by atoms with Gasteiger partial charge >= 0.3 is 0 Å². The van der Waals surface area contributed by atoms with Crippen LogP contribution in [0.3, 0.4) is 0 Å². The van der Waals surface area contributed by atoms with Crippen molar-refractivity contribution in [3.8, 4) is 34.1 Å². The molecule has 0 saturated heterocycles. The summed E-state index contributed by atoms with van der Waals surface area (Å²) in [5.74, 6) is 2.24. The van der Waals surface area contributed by atoms with Gasteiger partial charge in [0.05, 0.1) is 25.0 Å². The average Bonchev–Trinajstić information content (AvgIpc) is 2.83. The highest BCUT2D eigenvalue weighted by atomic mass is 16.5. The molecule has 0 aliphatic rings. The molecule has 32 heavy (non-hydrogen) atoms. The van der Waals surface area contributed by atoms with Gasteiger partial charge in [0.1, 0.15) is 34.2 Å². The molecule has 158 valence electrons. The van der Waals surface area contributed by atoms with Crippen molar-refractivity contribution in [1.82, 2.24) is 0 Å². The first-order chi connectivity index (χ1) is 15.6. The van der Waals surface area contributed by atoms with E-state index in [1.807, 2.05) is 24.3 Å². The molecule has 2 heterocycles. The van der Waals surface area contributed by atoms with Gasteiger partial charge in [-0.25, -0.2) is 0 Å². The molecule has 3 aromatic carbocycles. The normalized spacial score (nSPS) is 11.1. The van der Waals surface area contributed by atoms with Crippen molar-refractivity contribution in [2.45, 2.75) is 0 Å². The Bertz CT molecular complexity index is 1440. The third-order valence-corrected chi connectivity index (χ3v) is 5.33. The molecule has 0 fully saturated rings. The summed E-state index contributed by atoms with van der Waals surface area (Å²) in [4.78, 5) is 25.5. The lowest BCUT2D eigenvalue weighted by atomic mass is 10.1. The van der Waals surface area contributed by atoms with Crippen LogP contribution in [0.5, 0.6) is 11.5 Å². The number of benzene rings is 3. The van der Waals surface area contributed by atoms with Crippen LogP contribution in [0.25, 0.3) is 44.6 Å². The van der Waals surface area contributed by atoms with Crippen molar-refractivity contribution in [3.63, 3.8) is 0 Å². The van der Waals surface area contributed by atoms with Gasteiger partial charge in [0.2, 0.25) is 0 Å². The van der Waals surface area contributed by atoms with Crippen LogP contribution in [-0.2, 0) is 0 Å². The van der Waals surface area contributed by atoms with Gasteiger partial charge < -0.3 is 18.3 Å². The predicted octanol–water partition coefficient (Wildman–Crippen LogP) is 5.25. The standard InChI is InChI=1S/C26H18O6/c1-29-17-7-3-15(4-8-17)23-12-21(27)19-11-20-22(28)13-24(32-26(20)14-25(19)31-23)16-5-9-18(30-2)10-6-16/h3-14H,1-2H3. The van der Waals surface area contributed by atoms with Crippen LogP contribution in [0.4, 0.5) is 0 Å². The Hall–Kier alpha value is -4.32. The van der Waals surface area contributed by atoms with Crippen molar-refractivity contribution in [2.24, 2.45) is 0 Å². The molecule has 2 aromatic heterocycles. The minimum absolute atomic E-state index is 0.238. The zero-order chi connectivity index (χ0) is 22.2. The maximum absolute atomic E-state index is 12.8. The topological polar surface area (TPSA) is 78.9 Å². The van der Waals surface area contributed by atoms with E-state index in [1.165, 1.54) is 18.2 Å². The largest absolute Gasteiger partial charge is 0.497 e. The molecule has 0 atom stereocenters. The molecule has 0 radical (unpaired) electrons. The maximum Gasteiger partial charge on any atom is 0.193 e. The lowest BCUT2D eigenvalue weighted by molar-refractivity contribution is 0.414. The number of hydrogen-bond donors (Lipinski definition) is 0. The van der Waals surface area contributed by atoms with E-state index in [9.17, 15) is 9.59 Å². The molecule has 0 aliphatic carbocycles. The highest BCUT2D eigenvalue weighted by molar-refractivity contribution is 5.93. The van der Waals surface area contributed by atoms with E-state index in [2.05, 4.69) is 0 Å². The Balaban J connectivity index is 1.67. The van der Waals surface area contributed by atoms with Crippen LogP contribution in [0.2, 0.25) is 0 Å². The van der Waals surface area contributed by atoms with Gasteiger partial charge in [0, 0.05) is 29.3 Å². The second-order valence-electron chi connectivity index (χ2n) is 7.25. The molecular weight excluding hydrogens is 408 g/mol. The van der Waals surface area contributed by atoms with Crippen LogP contribution >= 0.6 is 0 Å². The number of rotatable bonds is 4. The summed E-state index contributed by atoms with van der Waals surface area (Å²) in [7, 11) is 3.18. The van der Waals surface area contributed by atoms with Crippen molar-refractivity contribution < 1.29 is 18.3 Å². The van der Waals surface area contributed by atoms with Crippen molar-refractivity contribution in [3.05, 3.63) is 93.2 Å². The smallest absolute Gasteiger partial charge is 0.193 e. The molecule has 0 unspecified atom stereocenters. The van der Waals surface area contributed by atoms with Gasteiger partial charge in [0.25, 0.3) is 0 Å². The number of fused-ring (bicyclic) bond motifs is 2. The van der Waals surface area contributed by atoms with Gasteiger partial charge in [-0.2, -0.15) is 0 Å².